The Morgan fingerprint density at radius 2 is 1.94 bits per heavy atom. The molecule has 31 heavy (non-hydrogen) atoms. The highest BCUT2D eigenvalue weighted by molar-refractivity contribution is 7.98. The Hall–Kier alpha value is -2.54. The van der Waals surface area contributed by atoms with Gasteiger partial charge in [0.2, 0.25) is 5.88 Å². The lowest BCUT2D eigenvalue weighted by atomic mass is 10.1. The molecule has 0 atom stereocenters. The van der Waals surface area contributed by atoms with Gasteiger partial charge in [-0.3, -0.25) is 0 Å². The number of hydrogen-bond donors (Lipinski definition) is 0. The first-order chi connectivity index (χ1) is 14.6. The predicted octanol–water partition coefficient (Wildman–Crippen LogP) is 3.51. The minimum Gasteiger partial charge on any atom is -0.445 e. The number of amides is 1. The average Bonchev–Trinajstić information content (AvgIpc) is 2.94. The molecule has 0 spiro atoms. The Morgan fingerprint density at radius 3 is 2.58 bits per heavy atom. The van der Waals surface area contributed by atoms with E-state index in [0.29, 0.717) is 6.42 Å². The summed E-state index contributed by atoms with van der Waals surface area (Å²) in [5, 5.41) is 0.0191. The second-order valence-electron chi connectivity index (χ2n) is 6.49. The maximum Gasteiger partial charge on any atom is 0.534 e. The highest BCUT2D eigenvalue weighted by atomic mass is 32.2. The summed E-state index contributed by atoms with van der Waals surface area (Å²) in [5.41, 5.74) is -4.47. The van der Waals surface area contributed by atoms with Crippen molar-refractivity contribution in [2.75, 3.05) is 12.8 Å². The van der Waals surface area contributed by atoms with E-state index in [1.165, 1.54) is 4.90 Å². The third kappa shape index (κ3) is 5.58. The Bertz CT molecular complexity index is 1050. The van der Waals surface area contributed by atoms with E-state index < -0.39 is 27.6 Å². The zero-order valence-corrected chi connectivity index (χ0v) is 17.9. The molecule has 0 fully saturated rings. The number of carbonyl (C=O) groups is 1. The van der Waals surface area contributed by atoms with Crippen molar-refractivity contribution in [3.05, 3.63) is 47.2 Å². The van der Waals surface area contributed by atoms with Crippen LogP contribution in [0.4, 0.5) is 18.0 Å². The second kappa shape index (κ2) is 9.30. The van der Waals surface area contributed by atoms with E-state index in [4.69, 9.17) is 4.74 Å². The highest BCUT2D eigenvalue weighted by Crippen LogP contribution is 2.32. The molecule has 13 heteroatoms. The molecule has 1 amide bonds. The predicted molar refractivity (Wildman–Crippen MR) is 105 cm³/mol. The number of hydrogen-bond acceptors (Lipinski definition) is 8. The first kappa shape index (κ1) is 23.1. The van der Waals surface area contributed by atoms with Crippen LogP contribution < -0.4 is 4.18 Å². The molecular formula is C18H18F3N3O5S2. The molecule has 0 N–H and O–H groups in total. The largest absolute Gasteiger partial charge is 0.534 e. The summed E-state index contributed by atoms with van der Waals surface area (Å²) in [6.45, 7) is 0.215. The Kier molecular flexibility index (Phi) is 6.94. The number of fused-ring (bicyclic) bond motifs is 1. The number of ether oxygens (including phenoxy) is 1. The van der Waals surface area contributed by atoms with Crippen LogP contribution in [-0.4, -0.2) is 47.7 Å². The molecule has 0 saturated carbocycles. The third-order valence-corrected chi connectivity index (χ3v) is 5.84. The van der Waals surface area contributed by atoms with E-state index in [1.54, 1.807) is 18.4 Å². The van der Waals surface area contributed by atoms with Crippen LogP contribution in [0.25, 0.3) is 0 Å². The van der Waals surface area contributed by atoms with Crippen LogP contribution in [0.5, 0.6) is 5.88 Å². The SMILES string of the molecule is CSc1nc2c(c(OS(=O)(=O)C(F)(F)F)n1)CCCN(C(=O)OCc1ccccc1)C2. The Labute approximate surface area is 180 Å². The molecule has 1 aromatic carbocycles. The molecule has 1 aromatic heterocycles. The Balaban J connectivity index is 1.83. The number of thioether (sulfide) groups is 1. The second-order valence-corrected chi connectivity index (χ2v) is 8.80. The summed E-state index contributed by atoms with van der Waals surface area (Å²) in [7, 11) is -5.90. The van der Waals surface area contributed by atoms with Crippen LogP contribution in [0.3, 0.4) is 0 Å². The van der Waals surface area contributed by atoms with Gasteiger partial charge in [0.05, 0.1) is 12.2 Å². The topological polar surface area (TPSA) is 98.7 Å². The van der Waals surface area contributed by atoms with Gasteiger partial charge in [-0.1, -0.05) is 42.1 Å². The highest BCUT2D eigenvalue weighted by Gasteiger charge is 2.49. The van der Waals surface area contributed by atoms with Gasteiger partial charge in [-0.05, 0) is 24.7 Å². The summed E-state index contributed by atoms with van der Waals surface area (Å²) < 4.78 is 70.9. The Morgan fingerprint density at radius 1 is 1.23 bits per heavy atom. The number of rotatable bonds is 5. The van der Waals surface area contributed by atoms with Crippen LogP contribution >= 0.6 is 11.8 Å². The van der Waals surface area contributed by atoms with Gasteiger partial charge in [0, 0.05) is 12.1 Å². The summed E-state index contributed by atoms with van der Waals surface area (Å²) in [6, 6.07) is 9.05. The standard InChI is InChI=1S/C18H18F3N3O5S2/c1-30-16-22-14-10-24(17(25)28-11-12-6-3-2-4-7-12)9-5-8-13(14)15(23-16)29-31(26,27)18(19,20)21/h2-4,6-7H,5,8-11H2,1H3. The molecule has 0 aliphatic carbocycles. The zero-order chi connectivity index (χ0) is 22.6. The number of carbonyl (C=O) groups excluding carboxylic acids is 1. The fourth-order valence-corrected chi connectivity index (χ4v) is 3.67. The van der Waals surface area contributed by atoms with Crippen molar-refractivity contribution >= 4 is 28.0 Å². The van der Waals surface area contributed by atoms with Gasteiger partial charge in [0.1, 0.15) is 6.61 Å². The molecule has 0 radical (unpaired) electrons. The van der Waals surface area contributed by atoms with E-state index >= 15 is 0 Å². The molecule has 2 aromatic rings. The summed E-state index contributed by atoms with van der Waals surface area (Å²) >= 11 is 1.00. The average molecular weight is 477 g/mol. The lowest BCUT2D eigenvalue weighted by Gasteiger charge is -2.20. The molecule has 0 bridgehead atoms. The number of aromatic nitrogens is 2. The van der Waals surface area contributed by atoms with Gasteiger partial charge in [0.25, 0.3) is 0 Å². The minimum absolute atomic E-state index is 0.0191. The monoisotopic (exact) mass is 477 g/mol. The third-order valence-electron chi connectivity index (χ3n) is 4.35. The summed E-state index contributed by atoms with van der Waals surface area (Å²) in [5.74, 6) is -0.675. The molecular weight excluding hydrogens is 459 g/mol. The first-order valence-corrected chi connectivity index (χ1v) is 11.6. The van der Waals surface area contributed by atoms with Crippen LogP contribution in [0.1, 0.15) is 23.2 Å². The van der Waals surface area contributed by atoms with Crippen LogP contribution in [-0.2, 0) is 34.4 Å². The maximum absolute atomic E-state index is 12.8. The molecule has 1 aliphatic heterocycles. The van der Waals surface area contributed by atoms with Crippen molar-refractivity contribution < 1.29 is 35.3 Å². The normalized spacial score (nSPS) is 14.5. The van der Waals surface area contributed by atoms with Gasteiger partial charge in [-0.25, -0.2) is 9.78 Å². The molecule has 2 heterocycles. The van der Waals surface area contributed by atoms with Gasteiger partial charge in [0.15, 0.2) is 5.16 Å². The van der Waals surface area contributed by atoms with E-state index in [0.717, 1.165) is 17.3 Å². The van der Waals surface area contributed by atoms with Gasteiger partial charge < -0.3 is 13.8 Å². The van der Waals surface area contributed by atoms with Crippen molar-refractivity contribution in [1.82, 2.24) is 14.9 Å². The molecule has 168 valence electrons. The number of halogens is 3. The van der Waals surface area contributed by atoms with Gasteiger partial charge >= 0.3 is 21.7 Å². The zero-order valence-electron chi connectivity index (χ0n) is 16.3. The van der Waals surface area contributed by atoms with Crippen molar-refractivity contribution in [2.24, 2.45) is 0 Å². The van der Waals surface area contributed by atoms with Crippen LogP contribution in [0.15, 0.2) is 35.5 Å². The summed E-state index contributed by atoms with van der Waals surface area (Å²) in [4.78, 5) is 21.9. The van der Waals surface area contributed by atoms with E-state index in [1.807, 2.05) is 18.2 Å². The molecule has 0 unspecified atom stereocenters. The maximum atomic E-state index is 12.8. The quantitative estimate of drug-likeness (QED) is 0.279. The van der Waals surface area contributed by atoms with Crippen LogP contribution in [0, 0.1) is 0 Å². The fraction of sp³-hybridized carbons (Fsp3) is 0.389. The molecule has 1 aliphatic rings. The van der Waals surface area contributed by atoms with Gasteiger partial charge in [-0.2, -0.15) is 26.6 Å². The van der Waals surface area contributed by atoms with Crippen molar-refractivity contribution in [1.29, 1.82) is 0 Å². The van der Waals surface area contributed by atoms with Crippen molar-refractivity contribution in [3.8, 4) is 5.88 Å². The molecule has 0 saturated heterocycles. The van der Waals surface area contributed by atoms with E-state index in [2.05, 4.69) is 14.2 Å². The smallest absolute Gasteiger partial charge is 0.445 e. The number of benzene rings is 1. The first-order valence-electron chi connectivity index (χ1n) is 9.01. The lowest BCUT2D eigenvalue weighted by Crippen LogP contribution is -2.31. The van der Waals surface area contributed by atoms with E-state index in [-0.39, 0.29) is 42.5 Å². The number of alkyl halides is 3. The van der Waals surface area contributed by atoms with Crippen LogP contribution in [0.2, 0.25) is 0 Å². The number of nitrogens with zero attached hydrogens (tertiary/aromatic N) is 3. The van der Waals surface area contributed by atoms with E-state index in [9.17, 15) is 26.4 Å². The van der Waals surface area contributed by atoms with Crippen molar-refractivity contribution in [2.45, 2.75) is 36.7 Å². The fourth-order valence-electron chi connectivity index (χ4n) is 2.85. The van der Waals surface area contributed by atoms with Crippen molar-refractivity contribution in [3.63, 3.8) is 0 Å². The summed E-state index contributed by atoms with van der Waals surface area (Å²) in [6.07, 6.45) is 1.42. The molecule has 8 nitrogen and oxygen atoms in total. The lowest BCUT2D eigenvalue weighted by molar-refractivity contribution is -0.0501. The molecule has 3 rings (SSSR count). The van der Waals surface area contributed by atoms with Gasteiger partial charge in [-0.15, -0.1) is 0 Å². The minimum atomic E-state index is -5.90.